The fourth-order valence-electron chi connectivity index (χ4n) is 3.18. The number of hydrogen-bond donors (Lipinski definition) is 1. The number of alkyl halides is 3. The van der Waals surface area contributed by atoms with E-state index >= 15 is 0 Å². The predicted molar refractivity (Wildman–Crippen MR) is 98.6 cm³/mol. The van der Waals surface area contributed by atoms with Crippen molar-refractivity contribution in [3.8, 4) is 0 Å². The first kappa shape index (κ1) is 20.4. The highest BCUT2D eigenvalue weighted by atomic mass is 19.4. The number of benzene rings is 1. The van der Waals surface area contributed by atoms with Gasteiger partial charge in [-0.15, -0.1) is 0 Å². The van der Waals surface area contributed by atoms with Crippen molar-refractivity contribution >= 4 is 17.5 Å². The van der Waals surface area contributed by atoms with Crippen molar-refractivity contribution in [3.63, 3.8) is 0 Å². The summed E-state index contributed by atoms with van der Waals surface area (Å²) >= 11 is 0. The Morgan fingerprint density at radius 2 is 1.84 bits per heavy atom. The van der Waals surface area contributed by atoms with E-state index in [1.165, 1.54) is 34.2 Å². The zero-order chi connectivity index (χ0) is 22.2. The van der Waals surface area contributed by atoms with Gasteiger partial charge in [0.15, 0.2) is 0 Å². The third-order valence-electron chi connectivity index (χ3n) is 4.71. The summed E-state index contributed by atoms with van der Waals surface area (Å²) in [6.07, 6.45) is -0.557. The molecule has 4 rings (SSSR count). The molecule has 1 aliphatic heterocycles. The maximum Gasteiger partial charge on any atom is 0.416 e. The third-order valence-corrected chi connectivity index (χ3v) is 4.71. The highest BCUT2D eigenvalue weighted by Crippen LogP contribution is 2.31. The monoisotopic (exact) mass is 434 g/mol. The van der Waals surface area contributed by atoms with Gasteiger partial charge in [0.2, 0.25) is 0 Å². The van der Waals surface area contributed by atoms with E-state index < -0.39 is 34.9 Å². The molecule has 1 aromatic carbocycles. The lowest BCUT2D eigenvalue weighted by Gasteiger charge is -2.39. The number of carbonyl (C=O) groups is 2. The van der Waals surface area contributed by atoms with Gasteiger partial charge in [-0.1, -0.05) is 0 Å². The number of hydrogen-bond acceptors (Lipinski definition) is 5. The Bertz CT molecular complexity index is 1130. The Kier molecular flexibility index (Phi) is 5.13. The highest BCUT2D eigenvalue weighted by Gasteiger charge is 2.37. The lowest BCUT2D eigenvalue weighted by molar-refractivity contribution is -0.137. The van der Waals surface area contributed by atoms with Crippen LogP contribution in [0, 0.1) is 5.82 Å². The van der Waals surface area contributed by atoms with Gasteiger partial charge in [-0.3, -0.25) is 14.3 Å². The van der Waals surface area contributed by atoms with Gasteiger partial charge in [0.05, 0.1) is 29.7 Å². The second-order valence-corrected chi connectivity index (χ2v) is 6.84. The maximum absolute atomic E-state index is 13.6. The number of halogens is 4. The van der Waals surface area contributed by atoms with Crippen LogP contribution in [0.4, 0.5) is 23.2 Å². The van der Waals surface area contributed by atoms with Crippen LogP contribution < -0.4 is 5.32 Å². The fourth-order valence-corrected chi connectivity index (χ4v) is 3.18. The molecule has 1 fully saturated rings. The Labute approximate surface area is 172 Å². The number of likely N-dealkylation sites (tertiary alicyclic amines) is 1. The Hall–Kier alpha value is -3.83. The first-order valence-corrected chi connectivity index (χ1v) is 9.01. The van der Waals surface area contributed by atoms with Crippen LogP contribution in [0.1, 0.15) is 32.5 Å². The molecule has 160 valence electrons. The van der Waals surface area contributed by atoms with Crippen LogP contribution in [0.2, 0.25) is 0 Å². The normalized spacial score (nSPS) is 14.3. The molecule has 0 saturated carbocycles. The molecule has 3 aromatic rings. The summed E-state index contributed by atoms with van der Waals surface area (Å²) in [7, 11) is 0. The van der Waals surface area contributed by atoms with Gasteiger partial charge in [0, 0.05) is 24.8 Å². The van der Waals surface area contributed by atoms with Gasteiger partial charge >= 0.3 is 6.18 Å². The lowest BCUT2D eigenvalue weighted by Crippen LogP contribution is -2.51. The van der Waals surface area contributed by atoms with Crippen LogP contribution >= 0.6 is 0 Å². The van der Waals surface area contributed by atoms with E-state index in [2.05, 4.69) is 20.6 Å². The zero-order valence-electron chi connectivity index (χ0n) is 15.7. The molecule has 2 amide bonds. The van der Waals surface area contributed by atoms with Crippen LogP contribution in [0.3, 0.4) is 0 Å². The molecule has 0 aliphatic carbocycles. The van der Waals surface area contributed by atoms with Gasteiger partial charge in [-0.25, -0.2) is 4.39 Å². The Morgan fingerprint density at radius 1 is 1.06 bits per heavy atom. The first-order chi connectivity index (χ1) is 14.7. The molecule has 0 radical (unpaired) electrons. The number of aromatic nitrogens is 4. The summed E-state index contributed by atoms with van der Waals surface area (Å²) in [4.78, 5) is 26.3. The smallest absolute Gasteiger partial charge is 0.334 e. The number of anilines is 1. The number of nitrogens with one attached hydrogen (secondary N) is 1. The Balaban J connectivity index is 1.45. The van der Waals surface area contributed by atoms with Crippen LogP contribution in [-0.2, 0) is 6.18 Å². The SMILES string of the molecule is O=C(Nc1ccnnc1)c1ccnn1C1CN(C(=O)c2cc(F)cc(C(F)(F)F)c2)C1. The largest absolute Gasteiger partial charge is 0.416 e. The molecule has 0 unspecified atom stereocenters. The number of nitrogens with zero attached hydrogens (tertiary/aromatic N) is 5. The summed E-state index contributed by atoms with van der Waals surface area (Å²) in [6.45, 7) is 0.213. The summed E-state index contributed by atoms with van der Waals surface area (Å²) in [6, 6.07) is 4.42. The highest BCUT2D eigenvalue weighted by molar-refractivity contribution is 6.03. The van der Waals surface area contributed by atoms with E-state index in [-0.39, 0.29) is 24.8 Å². The average molecular weight is 434 g/mol. The average Bonchev–Trinajstić information content (AvgIpc) is 3.16. The van der Waals surface area contributed by atoms with Crippen molar-refractivity contribution in [1.82, 2.24) is 24.9 Å². The molecule has 12 heteroatoms. The lowest BCUT2D eigenvalue weighted by atomic mass is 10.0. The predicted octanol–water partition coefficient (Wildman–Crippen LogP) is 2.78. The molecule has 1 saturated heterocycles. The van der Waals surface area contributed by atoms with E-state index in [9.17, 15) is 27.2 Å². The van der Waals surface area contributed by atoms with E-state index in [1.54, 1.807) is 6.07 Å². The van der Waals surface area contributed by atoms with Crippen molar-refractivity contribution < 1.29 is 27.2 Å². The molecule has 0 atom stereocenters. The van der Waals surface area contributed by atoms with Gasteiger partial charge in [0.25, 0.3) is 11.8 Å². The molecule has 1 N–H and O–H groups in total. The van der Waals surface area contributed by atoms with E-state index in [0.29, 0.717) is 17.8 Å². The first-order valence-electron chi connectivity index (χ1n) is 9.01. The van der Waals surface area contributed by atoms with Crippen molar-refractivity contribution in [2.45, 2.75) is 12.2 Å². The van der Waals surface area contributed by atoms with E-state index in [0.717, 1.165) is 6.07 Å². The molecule has 0 spiro atoms. The molecule has 3 heterocycles. The standard InChI is InChI=1S/C19H14F4N6O2/c20-13-6-11(5-12(7-13)19(21,22)23)18(31)28-9-15(10-28)29-16(2-4-26-29)17(30)27-14-1-3-24-25-8-14/h1-8,15H,9-10H2,(H,24,27,30). The Morgan fingerprint density at radius 3 is 2.52 bits per heavy atom. The van der Waals surface area contributed by atoms with Crippen molar-refractivity contribution in [3.05, 3.63) is 71.6 Å². The zero-order valence-corrected chi connectivity index (χ0v) is 15.7. The topological polar surface area (TPSA) is 93.0 Å². The van der Waals surface area contributed by atoms with Gasteiger partial charge in [0.1, 0.15) is 11.5 Å². The number of rotatable bonds is 4. The molecular weight excluding hydrogens is 420 g/mol. The fraction of sp³-hybridized carbons (Fsp3) is 0.211. The van der Waals surface area contributed by atoms with Crippen LogP contribution in [0.15, 0.2) is 48.9 Å². The van der Waals surface area contributed by atoms with Crippen molar-refractivity contribution in [2.75, 3.05) is 18.4 Å². The molecular formula is C19H14F4N6O2. The number of amides is 2. The van der Waals surface area contributed by atoms with Gasteiger partial charge in [-0.2, -0.15) is 28.5 Å². The summed E-state index contributed by atoms with van der Waals surface area (Å²) in [5, 5.41) is 14.0. The minimum Gasteiger partial charge on any atom is -0.334 e. The van der Waals surface area contributed by atoms with Crippen molar-refractivity contribution in [1.29, 1.82) is 0 Å². The summed E-state index contributed by atoms with van der Waals surface area (Å²) in [5.41, 5.74) is -0.956. The van der Waals surface area contributed by atoms with Crippen LogP contribution in [0.25, 0.3) is 0 Å². The van der Waals surface area contributed by atoms with Crippen LogP contribution in [0.5, 0.6) is 0 Å². The van der Waals surface area contributed by atoms with Gasteiger partial charge < -0.3 is 10.2 Å². The molecule has 0 bridgehead atoms. The second kappa shape index (κ2) is 7.78. The second-order valence-electron chi connectivity index (χ2n) is 6.84. The van der Waals surface area contributed by atoms with E-state index in [1.807, 2.05) is 0 Å². The van der Waals surface area contributed by atoms with Gasteiger partial charge in [-0.05, 0) is 30.3 Å². The van der Waals surface area contributed by atoms with Crippen molar-refractivity contribution in [2.24, 2.45) is 0 Å². The summed E-state index contributed by atoms with van der Waals surface area (Å²) in [5.74, 6) is -2.33. The molecule has 31 heavy (non-hydrogen) atoms. The van der Waals surface area contributed by atoms with E-state index in [4.69, 9.17) is 0 Å². The maximum atomic E-state index is 13.6. The quantitative estimate of drug-likeness (QED) is 0.638. The summed E-state index contributed by atoms with van der Waals surface area (Å²) < 4.78 is 53.7. The third kappa shape index (κ3) is 4.22. The molecule has 2 aromatic heterocycles. The molecule has 8 nitrogen and oxygen atoms in total. The number of carbonyl (C=O) groups excluding carboxylic acids is 2. The minimum absolute atomic E-state index is 0.107. The molecule has 1 aliphatic rings. The minimum atomic E-state index is -4.77. The van der Waals surface area contributed by atoms with Crippen LogP contribution in [-0.4, -0.2) is 49.8 Å².